The first-order valence-electron chi connectivity index (χ1n) is 10.5. The molecule has 0 bridgehead atoms. The van der Waals surface area contributed by atoms with Crippen molar-refractivity contribution in [2.24, 2.45) is 0 Å². The van der Waals surface area contributed by atoms with Crippen molar-refractivity contribution in [2.75, 3.05) is 18.1 Å². The van der Waals surface area contributed by atoms with Crippen LogP contribution < -0.4 is 0 Å². The molecule has 0 saturated heterocycles. The first-order valence-corrected chi connectivity index (χ1v) is 11.7. The van der Waals surface area contributed by atoms with Crippen molar-refractivity contribution < 1.29 is 54.4 Å². The number of rotatable bonds is 10. The predicted octanol–water partition coefficient (Wildman–Crippen LogP) is 7.92. The van der Waals surface area contributed by atoms with Crippen LogP contribution in [0.25, 0.3) is 0 Å². The summed E-state index contributed by atoms with van der Waals surface area (Å²) < 4.78 is 119. The minimum Gasteiger partial charge on any atom is -0.388 e. The number of aliphatic hydroxyl groups is 1. The van der Waals surface area contributed by atoms with Gasteiger partial charge in [0.05, 0.1) is 29.4 Å². The minimum atomic E-state index is -5.06. The van der Waals surface area contributed by atoms with Gasteiger partial charge in [0, 0.05) is 11.5 Å². The van der Waals surface area contributed by atoms with Crippen LogP contribution in [0.15, 0.2) is 36.4 Å². The third kappa shape index (κ3) is 8.86. The summed E-state index contributed by atoms with van der Waals surface area (Å²) in [6.07, 6.45) is -17.1. The van der Waals surface area contributed by atoms with Gasteiger partial charge in [-0.25, -0.2) is 9.78 Å². The molecule has 2 unspecified atom stereocenters. The number of aryl methyl sites for hydroxylation is 1. The van der Waals surface area contributed by atoms with Crippen LogP contribution in [-0.4, -0.2) is 23.2 Å². The van der Waals surface area contributed by atoms with Gasteiger partial charge in [0.25, 0.3) is 0 Å². The third-order valence-electron chi connectivity index (χ3n) is 4.81. The highest BCUT2D eigenvalue weighted by Gasteiger charge is 2.38. The third-order valence-corrected chi connectivity index (χ3v) is 5.90. The fourth-order valence-corrected chi connectivity index (χ4v) is 4.12. The van der Waals surface area contributed by atoms with E-state index in [1.54, 1.807) is 6.92 Å². The van der Waals surface area contributed by atoms with Crippen molar-refractivity contribution >= 4 is 11.8 Å². The molecule has 3 nitrogen and oxygen atoms in total. The summed E-state index contributed by atoms with van der Waals surface area (Å²) in [5, 5.41) is 10.4. The average molecular weight is 550 g/mol. The van der Waals surface area contributed by atoms with Gasteiger partial charge < -0.3 is 5.11 Å². The second-order valence-corrected chi connectivity index (χ2v) is 9.00. The Morgan fingerprint density at radius 1 is 0.750 bits per heavy atom. The second kappa shape index (κ2) is 12.1. The van der Waals surface area contributed by atoms with Crippen LogP contribution in [0.3, 0.4) is 0 Å². The molecule has 0 saturated carbocycles. The fourth-order valence-electron chi connectivity index (χ4n) is 3.11. The SMILES string of the molecule is CCCOOC(CSCC(O)c1cc(C)cc(C(F)(F)F)c1)c1cc(C(F)(F)F)cc(C(F)(F)F)c1. The summed E-state index contributed by atoms with van der Waals surface area (Å²) >= 11 is 0.864. The molecule has 2 atom stereocenters. The van der Waals surface area contributed by atoms with Crippen LogP contribution in [0.5, 0.6) is 0 Å². The van der Waals surface area contributed by atoms with Crippen LogP contribution in [0.4, 0.5) is 39.5 Å². The van der Waals surface area contributed by atoms with Crippen LogP contribution >= 0.6 is 11.8 Å². The quantitative estimate of drug-likeness (QED) is 0.141. The van der Waals surface area contributed by atoms with E-state index in [2.05, 4.69) is 0 Å². The molecule has 0 fully saturated rings. The van der Waals surface area contributed by atoms with Crippen LogP contribution in [0.2, 0.25) is 0 Å². The van der Waals surface area contributed by atoms with Gasteiger partial charge in [0.15, 0.2) is 0 Å². The van der Waals surface area contributed by atoms with Gasteiger partial charge >= 0.3 is 18.5 Å². The maximum absolute atomic E-state index is 13.2. The fraction of sp³-hybridized carbons (Fsp3) is 0.478. The zero-order valence-corrected chi connectivity index (χ0v) is 19.8. The molecule has 0 aliphatic carbocycles. The Morgan fingerprint density at radius 2 is 1.25 bits per heavy atom. The summed E-state index contributed by atoms with van der Waals surface area (Å²) in [7, 11) is 0. The summed E-state index contributed by atoms with van der Waals surface area (Å²) in [5.74, 6) is -0.462. The van der Waals surface area contributed by atoms with Gasteiger partial charge in [-0.05, 0) is 54.8 Å². The largest absolute Gasteiger partial charge is 0.416 e. The lowest BCUT2D eigenvalue weighted by Gasteiger charge is -2.21. The zero-order chi connectivity index (χ0) is 27.3. The molecule has 2 aromatic rings. The monoisotopic (exact) mass is 550 g/mol. The Morgan fingerprint density at radius 3 is 1.75 bits per heavy atom. The van der Waals surface area contributed by atoms with Crippen molar-refractivity contribution in [1.82, 2.24) is 0 Å². The van der Waals surface area contributed by atoms with Gasteiger partial charge in [0.1, 0.15) is 6.10 Å². The van der Waals surface area contributed by atoms with Gasteiger partial charge in [-0.15, -0.1) is 0 Å². The van der Waals surface area contributed by atoms with E-state index in [4.69, 9.17) is 9.78 Å². The molecule has 2 rings (SSSR count). The second-order valence-electron chi connectivity index (χ2n) is 7.93. The van der Waals surface area contributed by atoms with Crippen LogP contribution in [0, 0.1) is 6.92 Å². The first kappa shape index (κ1) is 30.3. The average Bonchev–Trinajstić information content (AvgIpc) is 2.75. The van der Waals surface area contributed by atoms with E-state index in [1.165, 1.54) is 13.0 Å². The Hall–Kier alpha value is -1.96. The molecule has 0 heterocycles. The minimum absolute atomic E-state index is 0.0123. The lowest BCUT2D eigenvalue weighted by atomic mass is 10.0. The maximum atomic E-state index is 13.2. The number of hydrogen-bond acceptors (Lipinski definition) is 4. The molecule has 0 radical (unpaired) electrons. The Bertz CT molecular complexity index is 972. The zero-order valence-electron chi connectivity index (χ0n) is 19.0. The summed E-state index contributed by atoms with van der Waals surface area (Å²) in [5.41, 5.74) is -4.25. The highest BCUT2D eigenvalue weighted by atomic mass is 32.2. The maximum Gasteiger partial charge on any atom is 0.416 e. The van der Waals surface area contributed by atoms with E-state index in [0.717, 1.165) is 23.9 Å². The standard InChI is InChI=1S/C23H23F9O3S/c1-3-4-34-35-20(15-8-17(22(27,28)29)10-18(9-15)23(30,31)32)12-36-11-19(33)14-5-13(2)6-16(7-14)21(24,25)26/h5-10,19-20,33H,3-4,11-12H2,1-2H3. The molecular weight excluding hydrogens is 527 g/mol. The molecule has 36 heavy (non-hydrogen) atoms. The van der Waals surface area contributed by atoms with Crippen LogP contribution in [-0.2, 0) is 28.3 Å². The van der Waals surface area contributed by atoms with Crippen LogP contribution in [0.1, 0.15) is 58.9 Å². The van der Waals surface area contributed by atoms with Gasteiger partial charge in [-0.1, -0.05) is 18.6 Å². The molecule has 13 heteroatoms. The van der Waals surface area contributed by atoms with Crippen molar-refractivity contribution in [3.63, 3.8) is 0 Å². The van der Waals surface area contributed by atoms with Gasteiger partial charge in [0.2, 0.25) is 0 Å². The Labute approximate surface area is 205 Å². The number of hydrogen-bond donors (Lipinski definition) is 1. The normalized spacial score (nSPS) is 14.7. The molecule has 0 spiro atoms. The molecule has 2 aromatic carbocycles. The van der Waals surface area contributed by atoms with E-state index in [9.17, 15) is 44.6 Å². The van der Waals surface area contributed by atoms with E-state index in [1.807, 2.05) is 0 Å². The first-order chi connectivity index (χ1) is 16.5. The van der Waals surface area contributed by atoms with Crippen molar-refractivity contribution in [3.8, 4) is 0 Å². The van der Waals surface area contributed by atoms with Crippen molar-refractivity contribution in [1.29, 1.82) is 0 Å². The predicted molar refractivity (Wildman–Crippen MR) is 115 cm³/mol. The summed E-state index contributed by atoms with van der Waals surface area (Å²) in [6, 6.07) is 4.05. The number of halogens is 9. The lowest BCUT2D eigenvalue weighted by molar-refractivity contribution is -0.322. The molecule has 0 amide bonds. The number of benzene rings is 2. The van der Waals surface area contributed by atoms with E-state index in [0.29, 0.717) is 18.6 Å². The smallest absolute Gasteiger partial charge is 0.388 e. The molecule has 202 valence electrons. The summed E-state index contributed by atoms with van der Waals surface area (Å²) in [6.45, 7) is 3.13. The molecular formula is C23H23F9O3S. The molecule has 1 N–H and O–H groups in total. The number of alkyl halides is 9. The van der Waals surface area contributed by atoms with Crippen molar-refractivity contribution in [3.05, 3.63) is 69.8 Å². The van der Waals surface area contributed by atoms with E-state index >= 15 is 0 Å². The lowest BCUT2D eigenvalue weighted by Crippen LogP contribution is -2.16. The molecule has 0 aliphatic heterocycles. The van der Waals surface area contributed by atoms with E-state index < -0.39 is 53.0 Å². The Kier molecular flexibility index (Phi) is 10.1. The molecule has 0 aliphatic rings. The van der Waals surface area contributed by atoms with E-state index in [-0.39, 0.29) is 35.3 Å². The highest BCUT2D eigenvalue weighted by molar-refractivity contribution is 7.99. The van der Waals surface area contributed by atoms with Gasteiger partial charge in [-0.2, -0.15) is 51.3 Å². The number of thioether (sulfide) groups is 1. The highest BCUT2D eigenvalue weighted by Crippen LogP contribution is 2.39. The summed E-state index contributed by atoms with van der Waals surface area (Å²) in [4.78, 5) is 9.99. The van der Waals surface area contributed by atoms with Crippen molar-refractivity contribution in [2.45, 2.75) is 51.0 Å². The molecule has 0 aromatic heterocycles. The Balaban J connectivity index is 2.26. The number of aliphatic hydroxyl groups excluding tert-OH is 1. The van der Waals surface area contributed by atoms with Gasteiger partial charge in [-0.3, -0.25) is 0 Å². The topological polar surface area (TPSA) is 38.7 Å².